The number of benzene rings is 1. The summed E-state index contributed by atoms with van der Waals surface area (Å²) < 4.78 is 5.32. The van der Waals surface area contributed by atoms with Gasteiger partial charge in [0.05, 0.1) is 7.11 Å². The van der Waals surface area contributed by atoms with Gasteiger partial charge < -0.3 is 15.0 Å². The van der Waals surface area contributed by atoms with E-state index >= 15 is 0 Å². The highest BCUT2D eigenvalue weighted by Gasteiger charge is 2.47. The first-order chi connectivity index (χ1) is 14.1. The number of methoxy groups -OCH3 is 1. The van der Waals surface area contributed by atoms with Gasteiger partial charge in [-0.1, -0.05) is 12.1 Å². The Morgan fingerprint density at radius 2 is 1.62 bits per heavy atom. The molecular weight excluding hydrogens is 445 g/mol. The van der Waals surface area contributed by atoms with Crippen molar-refractivity contribution in [2.24, 2.45) is 17.8 Å². The Hall–Kier alpha value is -1.01. The molecule has 3 fully saturated rings. The highest BCUT2D eigenvalue weighted by atomic mass is 35.5. The Labute approximate surface area is 206 Å². The third kappa shape index (κ3) is 5.72. The molecule has 1 aromatic rings. The number of likely N-dealkylation sites (tertiary alicyclic amines) is 2. The SMILES string of the molecule is COc1ccc([C@@H]2[C@@H]3CN(C(=O)CC4CC(C)(C)NC(C)(C)C4)C[C@@H]3CN2C)cc1.Cl.Cl. The fourth-order valence-electron chi connectivity index (χ4n) is 6.82. The zero-order valence-corrected chi connectivity index (χ0v) is 22.0. The van der Waals surface area contributed by atoms with Crippen LogP contribution in [0.1, 0.15) is 58.6 Å². The van der Waals surface area contributed by atoms with Crippen LogP contribution in [0.2, 0.25) is 0 Å². The predicted molar refractivity (Wildman–Crippen MR) is 135 cm³/mol. The monoisotopic (exact) mass is 485 g/mol. The summed E-state index contributed by atoms with van der Waals surface area (Å²) in [4.78, 5) is 17.9. The molecule has 7 heteroatoms. The first-order valence-electron chi connectivity index (χ1n) is 11.5. The maximum Gasteiger partial charge on any atom is 0.222 e. The summed E-state index contributed by atoms with van der Waals surface area (Å²) >= 11 is 0. The lowest BCUT2D eigenvalue weighted by Gasteiger charge is -2.46. The highest BCUT2D eigenvalue weighted by Crippen LogP contribution is 2.45. The second kappa shape index (κ2) is 10.1. The molecule has 3 aliphatic heterocycles. The van der Waals surface area contributed by atoms with Crippen LogP contribution in [-0.2, 0) is 4.79 Å². The molecule has 0 aliphatic carbocycles. The van der Waals surface area contributed by atoms with Crippen molar-refractivity contribution in [1.82, 2.24) is 15.1 Å². The van der Waals surface area contributed by atoms with E-state index in [1.54, 1.807) is 7.11 Å². The second-order valence-corrected chi connectivity index (χ2v) is 11.3. The Kier molecular flexibility index (Phi) is 8.58. The zero-order valence-electron chi connectivity index (χ0n) is 20.4. The Balaban J connectivity index is 0.00000181. The van der Waals surface area contributed by atoms with E-state index in [-0.39, 0.29) is 35.9 Å². The number of hydrogen-bond acceptors (Lipinski definition) is 4. The molecule has 1 aromatic carbocycles. The number of ether oxygens (including phenoxy) is 1. The third-order valence-corrected chi connectivity index (χ3v) is 7.44. The largest absolute Gasteiger partial charge is 0.497 e. The third-order valence-electron chi connectivity index (χ3n) is 7.44. The van der Waals surface area contributed by atoms with E-state index in [1.807, 2.05) is 0 Å². The molecule has 3 saturated heterocycles. The molecule has 0 radical (unpaired) electrons. The number of amides is 1. The summed E-state index contributed by atoms with van der Waals surface area (Å²) in [5.74, 6) is 2.82. The smallest absolute Gasteiger partial charge is 0.222 e. The fourth-order valence-corrected chi connectivity index (χ4v) is 6.82. The summed E-state index contributed by atoms with van der Waals surface area (Å²) in [6, 6.07) is 8.86. The minimum atomic E-state index is 0. The van der Waals surface area contributed by atoms with Gasteiger partial charge in [-0.05, 0) is 77.1 Å². The summed E-state index contributed by atoms with van der Waals surface area (Å²) in [5.41, 5.74) is 1.52. The van der Waals surface area contributed by atoms with Gasteiger partial charge in [-0.25, -0.2) is 0 Å². The minimum Gasteiger partial charge on any atom is -0.497 e. The molecule has 3 aliphatic rings. The van der Waals surface area contributed by atoms with Gasteiger partial charge >= 0.3 is 0 Å². The van der Waals surface area contributed by atoms with Crippen LogP contribution < -0.4 is 10.1 Å². The number of carbonyl (C=O) groups is 1. The van der Waals surface area contributed by atoms with Crippen LogP contribution in [-0.4, -0.2) is 60.6 Å². The molecule has 4 rings (SSSR count). The molecule has 182 valence electrons. The zero-order chi connectivity index (χ0) is 21.7. The molecule has 32 heavy (non-hydrogen) atoms. The molecule has 0 bridgehead atoms. The fraction of sp³-hybridized carbons (Fsp3) is 0.720. The number of rotatable bonds is 4. The number of nitrogens with zero attached hydrogens (tertiary/aromatic N) is 2. The van der Waals surface area contributed by atoms with E-state index in [1.165, 1.54) is 5.56 Å². The first-order valence-corrected chi connectivity index (χ1v) is 11.5. The van der Waals surface area contributed by atoms with E-state index in [4.69, 9.17) is 4.74 Å². The van der Waals surface area contributed by atoms with Gasteiger partial charge in [-0.2, -0.15) is 0 Å². The van der Waals surface area contributed by atoms with Gasteiger partial charge in [0.2, 0.25) is 5.91 Å². The number of hydrogen-bond donors (Lipinski definition) is 1. The lowest BCUT2D eigenvalue weighted by atomic mass is 9.74. The van der Waals surface area contributed by atoms with Crippen LogP contribution in [0.3, 0.4) is 0 Å². The molecule has 5 nitrogen and oxygen atoms in total. The number of fused-ring (bicyclic) bond motifs is 1. The topological polar surface area (TPSA) is 44.8 Å². The van der Waals surface area contributed by atoms with Crippen molar-refractivity contribution in [1.29, 1.82) is 0 Å². The summed E-state index contributed by atoms with van der Waals surface area (Å²) in [6.07, 6.45) is 2.83. The van der Waals surface area contributed by atoms with Crippen LogP contribution in [0.25, 0.3) is 0 Å². The van der Waals surface area contributed by atoms with Gasteiger partial charge in [0.1, 0.15) is 5.75 Å². The van der Waals surface area contributed by atoms with Gasteiger partial charge in [0.25, 0.3) is 0 Å². The Bertz CT molecular complexity index is 768. The molecule has 0 aromatic heterocycles. The van der Waals surface area contributed by atoms with Gasteiger partial charge in [-0.3, -0.25) is 9.69 Å². The highest BCUT2D eigenvalue weighted by molar-refractivity contribution is 5.85. The number of carbonyl (C=O) groups excluding carboxylic acids is 1. The van der Waals surface area contributed by atoms with Gasteiger partial charge in [0.15, 0.2) is 0 Å². The van der Waals surface area contributed by atoms with E-state index in [0.717, 1.165) is 38.2 Å². The van der Waals surface area contributed by atoms with Crippen molar-refractivity contribution in [3.05, 3.63) is 29.8 Å². The summed E-state index contributed by atoms with van der Waals surface area (Å²) in [5, 5.41) is 3.73. The van der Waals surface area contributed by atoms with Crippen LogP contribution >= 0.6 is 24.8 Å². The Morgan fingerprint density at radius 1 is 1.03 bits per heavy atom. The number of nitrogens with one attached hydrogen (secondary N) is 1. The van der Waals surface area contributed by atoms with Crippen LogP contribution in [0.5, 0.6) is 5.75 Å². The molecule has 1 N–H and O–H groups in total. The average Bonchev–Trinajstić information content (AvgIpc) is 3.16. The molecule has 0 unspecified atom stereocenters. The lowest BCUT2D eigenvalue weighted by molar-refractivity contribution is -0.132. The average molecular weight is 487 g/mol. The normalized spacial score (nSPS) is 29.1. The molecule has 1 amide bonds. The lowest BCUT2D eigenvalue weighted by Crippen LogP contribution is -2.58. The second-order valence-electron chi connectivity index (χ2n) is 11.3. The van der Waals surface area contributed by atoms with Crippen molar-refractivity contribution < 1.29 is 9.53 Å². The quantitative estimate of drug-likeness (QED) is 0.679. The maximum absolute atomic E-state index is 13.3. The first kappa shape index (κ1) is 27.2. The van der Waals surface area contributed by atoms with Crippen molar-refractivity contribution >= 4 is 30.7 Å². The molecule has 3 atom stereocenters. The van der Waals surface area contributed by atoms with E-state index < -0.39 is 0 Å². The van der Waals surface area contributed by atoms with Crippen LogP contribution in [0.4, 0.5) is 0 Å². The molecule has 3 heterocycles. The molecule has 0 spiro atoms. The van der Waals surface area contributed by atoms with Gasteiger partial charge in [-0.15, -0.1) is 24.8 Å². The summed E-state index contributed by atoms with van der Waals surface area (Å²) in [6.45, 7) is 11.9. The van der Waals surface area contributed by atoms with E-state index in [2.05, 4.69) is 74.1 Å². The number of halogens is 2. The molecular formula is C25H41Cl2N3O2. The summed E-state index contributed by atoms with van der Waals surface area (Å²) in [7, 11) is 3.93. The van der Waals surface area contributed by atoms with E-state index in [9.17, 15) is 4.79 Å². The van der Waals surface area contributed by atoms with Crippen molar-refractivity contribution in [2.75, 3.05) is 33.8 Å². The number of piperidine rings is 1. The standard InChI is InChI=1S/C25H39N3O2.2ClH/c1-24(2)12-17(13-25(3,4)26-24)11-22(29)28-15-19-14-27(5)23(21(19)16-28)18-7-9-20(30-6)10-8-18;;/h7-10,17,19,21,23,26H,11-16H2,1-6H3;2*1H/t19-,21+,23+;;/m0../s1. The van der Waals surface area contributed by atoms with E-state index in [0.29, 0.717) is 36.1 Å². The van der Waals surface area contributed by atoms with Crippen molar-refractivity contribution in [3.63, 3.8) is 0 Å². The van der Waals surface area contributed by atoms with Gasteiger partial charge in [0, 0.05) is 49.1 Å². The molecule has 0 saturated carbocycles. The van der Waals surface area contributed by atoms with Crippen molar-refractivity contribution in [3.8, 4) is 5.75 Å². The van der Waals surface area contributed by atoms with Crippen LogP contribution in [0, 0.1) is 17.8 Å². The van der Waals surface area contributed by atoms with Crippen LogP contribution in [0.15, 0.2) is 24.3 Å². The van der Waals surface area contributed by atoms with Crippen molar-refractivity contribution in [2.45, 2.75) is 64.1 Å². The Morgan fingerprint density at radius 3 is 2.19 bits per heavy atom. The maximum atomic E-state index is 13.3. The minimum absolute atomic E-state index is 0. The predicted octanol–water partition coefficient (Wildman–Crippen LogP) is 4.55.